The maximum absolute atomic E-state index is 13.9. The van der Waals surface area contributed by atoms with Gasteiger partial charge in [-0.05, 0) is 51.1 Å². The van der Waals surface area contributed by atoms with Crippen LogP contribution in [0.15, 0.2) is 42.5 Å². The van der Waals surface area contributed by atoms with Gasteiger partial charge in [-0.2, -0.15) is 0 Å². The van der Waals surface area contributed by atoms with Crippen LogP contribution in [0.2, 0.25) is 5.02 Å². The molecule has 24 heavy (non-hydrogen) atoms. The second kappa shape index (κ2) is 7.01. The Bertz CT molecular complexity index is 785. The van der Waals surface area contributed by atoms with E-state index in [2.05, 4.69) is 10.6 Å². The number of benzene rings is 2. The Morgan fingerprint density at radius 2 is 1.67 bits per heavy atom. The fraction of sp³-hybridized carbons (Fsp3) is 0.222. The maximum Gasteiger partial charge on any atom is 0.258 e. The Morgan fingerprint density at radius 1 is 1.00 bits per heavy atom. The Balaban J connectivity index is 2.27. The number of carbonyl (C=O) groups is 2. The van der Waals surface area contributed by atoms with Gasteiger partial charge in [-0.25, -0.2) is 4.39 Å². The van der Waals surface area contributed by atoms with Crippen LogP contribution in [0.1, 0.15) is 41.5 Å². The summed E-state index contributed by atoms with van der Waals surface area (Å²) in [6.45, 7) is 5.57. The molecule has 2 aromatic carbocycles. The summed E-state index contributed by atoms with van der Waals surface area (Å²) < 4.78 is 13.9. The quantitative estimate of drug-likeness (QED) is 0.870. The van der Waals surface area contributed by atoms with E-state index >= 15 is 0 Å². The molecule has 2 rings (SSSR count). The zero-order valence-electron chi connectivity index (χ0n) is 13.6. The minimum Gasteiger partial charge on any atom is -0.347 e. The molecular formula is C18H18ClFN2O2. The van der Waals surface area contributed by atoms with Gasteiger partial charge in [-0.3, -0.25) is 9.59 Å². The van der Waals surface area contributed by atoms with Crippen molar-refractivity contribution in [3.8, 4) is 0 Å². The zero-order chi connectivity index (χ0) is 17.9. The van der Waals surface area contributed by atoms with Crippen LogP contribution in [0.3, 0.4) is 0 Å². The lowest BCUT2D eigenvalue weighted by Gasteiger charge is -2.21. The first-order chi connectivity index (χ1) is 11.2. The van der Waals surface area contributed by atoms with Crippen molar-refractivity contribution in [1.82, 2.24) is 5.32 Å². The van der Waals surface area contributed by atoms with E-state index in [1.54, 1.807) is 24.3 Å². The summed E-state index contributed by atoms with van der Waals surface area (Å²) in [5.41, 5.74) is 0.0374. The minimum atomic E-state index is -0.725. The van der Waals surface area contributed by atoms with E-state index in [0.717, 1.165) is 6.07 Å². The minimum absolute atomic E-state index is 0.148. The van der Waals surface area contributed by atoms with Crippen molar-refractivity contribution in [2.45, 2.75) is 26.3 Å². The van der Waals surface area contributed by atoms with Gasteiger partial charge in [0.25, 0.3) is 11.8 Å². The molecule has 0 bridgehead atoms. The van der Waals surface area contributed by atoms with E-state index in [4.69, 9.17) is 11.6 Å². The molecule has 0 aliphatic carbocycles. The van der Waals surface area contributed by atoms with Gasteiger partial charge in [0.05, 0.1) is 16.8 Å². The van der Waals surface area contributed by atoms with E-state index in [9.17, 15) is 14.0 Å². The SMILES string of the molecule is CC(C)(C)NC(=O)c1ccccc1NC(=O)c1ccc(Cl)cc1F. The third-order valence-corrected chi connectivity index (χ3v) is 3.32. The molecule has 2 N–H and O–H groups in total. The fourth-order valence-corrected chi connectivity index (χ4v) is 2.22. The molecular weight excluding hydrogens is 331 g/mol. The lowest BCUT2D eigenvalue weighted by molar-refractivity contribution is 0.0920. The summed E-state index contributed by atoms with van der Waals surface area (Å²) in [4.78, 5) is 24.6. The van der Waals surface area contributed by atoms with Gasteiger partial charge in [-0.1, -0.05) is 23.7 Å². The van der Waals surface area contributed by atoms with Crippen LogP contribution in [0, 0.1) is 5.82 Å². The Hall–Kier alpha value is -2.40. The third kappa shape index (κ3) is 4.55. The number of nitrogens with one attached hydrogen (secondary N) is 2. The molecule has 4 nitrogen and oxygen atoms in total. The number of hydrogen-bond acceptors (Lipinski definition) is 2. The Kier molecular flexibility index (Phi) is 5.24. The second-order valence-electron chi connectivity index (χ2n) is 6.33. The summed E-state index contributed by atoms with van der Waals surface area (Å²) in [6.07, 6.45) is 0. The van der Waals surface area contributed by atoms with E-state index < -0.39 is 17.3 Å². The summed E-state index contributed by atoms with van der Waals surface area (Å²) in [5, 5.41) is 5.60. The lowest BCUT2D eigenvalue weighted by Crippen LogP contribution is -2.40. The highest BCUT2D eigenvalue weighted by atomic mass is 35.5. The zero-order valence-corrected chi connectivity index (χ0v) is 14.4. The van der Waals surface area contributed by atoms with Crippen LogP contribution in [-0.4, -0.2) is 17.4 Å². The molecule has 0 saturated carbocycles. The first kappa shape index (κ1) is 17.9. The predicted octanol–water partition coefficient (Wildman–Crippen LogP) is 4.26. The molecule has 2 amide bonds. The molecule has 0 heterocycles. The molecule has 0 fully saturated rings. The van der Waals surface area contributed by atoms with Crippen molar-refractivity contribution in [2.24, 2.45) is 0 Å². The van der Waals surface area contributed by atoms with Crippen molar-refractivity contribution >= 4 is 29.1 Å². The summed E-state index contributed by atoms with van der Waals surface area (Å²) in [6, 6.07) is 10.3. The normalized spacial score (nSPS) is 11.0. The highest BCUT2D eigenvalue weighted by Crippen LogP contribution is 2.20. The average molecular weight is 349 g/mol. The van der Waals surface area contributed by atoms with Gasteiger partial charge in [0.1, 0.15) is 5.82 Å². The summed E-state index contributed by atoms with van der Waals surface area (Å²) in [7, 11) is 0. The molecule has 0 aromatic heterocycles. The molecule has 0 radical (unpaired) electrons. The maximum atomic E-state index is 13.9. The first-order valence-electron chi connectivity index (χ1n) is 7.35. The Labute approximate surface area is 145 Å². The molecule has 126 valence electrons. The second-order valence-corrected chi connectivity index (χ2v) is 6.76. The van der Waals surface area contributed by atoms with Gasteiger partial charge in [0.2, 0.25) is 0 Å². The first-order valence-corrected chi connectivity index (χ1v) is 7.73. The summed E-state index contributed by atoms with van der Waals surface area (Å²) in [5.74, 6) is -1.70. The number of rotatable bonds is 3. The number of hydrogen-bond donors (Lipinski definition) is 2. The van der Waals surface area contributed by atoms with Crippen molar-refractivity contribution < 1.29 is 14.0 Å². The number of carbonyl (C=O) groups excluding carboxylic acids is 2. The Morgan fingerprint density at radius 3 is 2.29 bits per heavy atom. The number of amides is 2. The highest BCUT2D eigenvalue weighted by molar-refractivity contribution is 6.30. The van der Waals surface area contributed by atoms with Crippen molar-refractivity contribution in [3.05, 3.63) is 64.4 Å². The van der Waals surface area contributed by atoms with Crippen LogP contribution in [0.25, 0.3) is 0 Å². The van der Waals surface area contributed by atoms with Crippen LogP contribution in [0.4, 0.5) is 10.1 Å². The molecule has 0 aliphatic heterocycles. The topological polar surface area (TPSA) is 58.2 Å². The number of para-hydroxylation sites is 1. The van der Waals surface area contributed by atoms with Gasteiger partial charge < -0.3 is 10.6 Å². The molecule has 0 saturated heterocycles. The van der Waals surface area contributed by atoms with Gasteiger partial charge in [-0.15, -0.1) is 0 Å². The summed E-state index contributed by atoms with van der Waals surface area (Å²) >= 11 is 5.69. The monoisotopic (exact) mass is 348 g/mol. The standard InChI is InChI=1S/C18H18ClFN2O2/c1-18(2,3)22-17(24)13-6-4-5-7-15(13)21-16(23)12-9-8-11(19)10-14(12)20/h4-10H,1-3H3,(H,21,23)(H,22,24). The van der Waals surface area contributed by atoms with Gasteiger partial charge in [0.15, 0.2) is 0 Å². The molecule has 6 heteroatoms. The molecule has 0 spiro atoms. The van der Waals surface area contributed by atoms with Crippen LogP contribution in [-0.2, 0) is 0 Å². The van der Waals surface area contributed by atoms with Crippen LogP contribution in [0.5, 0.6) is 0 Å². The number of halogens is 2. The van der Waals surface area contributed by atoms with Crippen molar-refractivity contribution in [2.75, 3.05) is 5.32 Å². The van der Waals surface area contributed by atoms with E-state index in [-0.39, 0.29) is 16.5 Å². The fourth-order valence-electron chi connectivity index (χ4n) is 2.06. The van der Waals surface area contributed by atoms with Crippen molar-refractivity contribution in [3.63, 3.8) is 0 Å². The van der Waals surface area contributed by atoms with E-state index in [0.29, 0.717) is 11.3 Å². The molecule has 0 atom stereocenters. The van der Waals surface area contributed by atoms with Crippen molar-refractivity contribution in [1.29, 1.82) is 0 Å². The smallest absolute Gasteiger partial charge is 0.258 e. The van der Waals surface area contributed by atoms with E-state index in [1.165, 1.54) is 12.1 Å². The van der Waals surface area contributed by atoms with Gasteiger partial charge >= 0.3 is 0 Å². The molecule has 2 aromatic rings. The van der Waals surface area contributed by atoms with Gasteiger partial charge in [0, 0.05) is 10.6 Å². The molecule has 0 unspecified atom stereocenters. The van der Waals surface area contributed by atoms with E-state index in [1.807, 2.05) is 20.8 Å². The number of anilines is 1. The highest BCUT2D eigenvalue weighted by Gasteiger charge is 2.19. The van der Waals surface area contributed by atoms with Crippen LogP contribution >= 0.6 is 11.6 Å². The average Bonchev–Trinajstić information content (AvgIpc) is 2.45. The lowest BCUT2D eigenvalue weighted by atomic mass is 10.1. The third-order valence-electron chi connectivity index (χ3n) is 3.08. The molecule has 0 aliphatic rings. The largest absolute Gasteiger partial charge is 0.347 e. The van der Waals surface area contributed by atoms with Crippen LogP contribution < -0.4 is 10.6 Å². The predicted molar refractivity (Wildman–Crippen MR) is 93.0 cm³/mol.